The number of nitrogens with zero attached hydrogens (tertiary/aromatic N) is 1. The topological polar surface area (TPSA) is 75.7 Å². The first-order chi connectivity index (χ1) is 16.5. The third-order valence-corrected chi connectivity index (χ3v) is 8.06. The minimum absolute atomic E-state index is 0.0614. The largest absolute Gasteiger partial charge is 0.492 e. The van der Waals surface area contributed by atoms with E-state index in [0.29, 0.717) is 23.4 Å². The van der Waals surface area contributed by atoms with E-state index in [0.717, 1.165) is 16.7 Å². The molecule has 1 aliphatic rings. The van der Waals surface area contributed by atoms with E-state index in [-0.39, 0.29) is 35.9 Å². The summed E-state index contributed by atoms with van der Waals surface area (Å²) < 4.78 is 34.0. The zero-order valence-corrected chi connectivity index (χ0v) is 21.5. The lowest BCUT2D eigenvalue weighted by Gasteiger charge is -2.22. The third-order valence-electron chi connectivity index (χ3n) is 6.20. The summed E-state index contributed by atoms with van der Waals surface area (Å²) in [6.07, 6.45) is 0. The first-order valence-electron chi connectivity index (χ1n) is 11.7. The van der Waals surface area contributed by atoms with Crippen LogP contribution in [0.5, 0.6) is 5.75 Å². The highest BCUT2D eigenvalue weighted by molar-refractivity contribution is 7.89. The van der Waals surface area contributed by atoms with Gasteiger partial charge in [0.1, 0.15) is 12.4 Å². The molecule has 0 saturated heterocycles. The highest BCUT2D eigenvalue weighted by atomic mass is 32.2. The first kappa shape index (κ1) is 24.9. The number of ether oxygens (including phenoxy) is 1. The molecule has 1 N–H and O–H groups in total. The SMILES string of the molecule is Cc1ccc(CNC(=O)c2ccc3c(c2)CN(S(=O)(=O)c2ccc(C(C)(C)C)cc2)CCO3)cc1. The number of amides is 1. The van der Waals surface area contributed by atoms with Crippen molar-refractivity contribution in [3.63, 3.8) is 0 Å². The van der Waals surface area contributed by atoms with Crippen LogP contribution in [-0.2, 0) is 28.5 Å². The van der Waals surface area contributed by atoms with E-state index >= 15 is 0 Å². The van der Waals surface area contributed by atoms with Gasteiger partial charge in [-0.15, -0.1) is 0 Å². The van der Waals surface area contributed by atoms with E-state index in [9.17, 15) is 13.2 Å². The van der Waals surface area contributed by atoms with Crippen LogP contribution in [0.15, 0.2) is 71.6 Å². The molecule has 0 aromatic heterocycles. The molecule has 4 rings (SSSR count). The number of fused-ring (bicyclic) bond motifs is 1. The van der Waals surface area contributed by atoms with Gasteiger partial charge in [-0.2, -0.15) is 4.31 Å². The predicted octanol–water partition coefficient (Wildman–Crippen LogP) is 4.81. The lowest BCUT2D eigenvalue weighted by atomic mass is 9.87. The smallest absolute Gasteiger partial charge is 0.251 e. The summed E-state index contributed by atoms with van der Waals surface area (Å²) >= 11 is 0. The van der Waals surface area contributed by atoms with Crippen LogP contribution in [0.1, 0.15) is 53.4 Å². The number of rotatable bonds is 5. The van der Waals surface area contributed by atoms with Crippen molar-refractivity contribution in [3.8, 4) is 5.75 Å². The number of nitrogens with one attached hydrogen (secondary N) is 1. The number of sulfonamides is 1. The molecule has 3 aromatic rings. The average molecular weight is 493 g/mol. The maximum atomic E-state index is 13.4. The molecule has 1 heterocycles. The molecule has 184 valence electrons. The molecule has 6 nitrogen and oxygen atoms in total. The lowest BCUT2D eigenvalue weighted by Crippen LogP contribution is -2.32. The molecule has 0 unspecified atom stereocenters. The normalized spacial score (nSPS) is 14.5. The molecule has 35 heavy (non-hydrogen) atoms. The van der Waals surface area contributed by atoms with Gasteiger partial charge in [0.25, 0.3) is 5.91 Å². The molecule has 3 aromatic carbocycles. The van der Waals surface area contributed by atoms with E-state index in [1.165, 1.54) is 4.31 Å². The minimum atomic E-state index is -3.72. The molecule has 0 atom stereocenters. The molecule has 0 fully saturated rings. The molecule has 1 amide bonds. The zero-order chi connectivity index (χ0) is 25.2. The Morgan fingerprint density at radius 2 is 1.69 bits per heavy atom. The van der Waals surface area contributed by atoms with E-state index in [1.54, 1.807) is 30.3 Å². The molecule has 7 heteroatoms. The van der Waals surface area contributed by atoms with Crippen LogP contribution in [0.2, 0.25) is 0 Å². The van der Waals surface area contributed by atoms with E-state index in [1.807, 2.05) is 43.3 Å². The Morgan fingerprint density at radius 1 is 1.00 bits per heavy atom. The van der Waals surface area contributed by atoms with Gasteiger partial charge in [0.05, 0.1) is 4.90 Å². The van der Waals surface area contributed by atoms with Gasteiger partial charge in [-0.1, -0.05) is 62.7 Å². The maximum absolute atomic E-state index is 13.4. The molecule has 0 spiro atoms. The van der Waals surface area contributed by atoms with Crippen molar-refractivity contribution >= 4 is 15.9 Å². The Bertz CT molecular complexity index is 1310. The Morgan fingerprint density at radius 3 is 2.34 bits per heavy atom. The van der Waals surface area contributed by atoms with Crippen molar-refractivity contribution < 1.29 is 17.9 Å². The van der Waals surface area contributed by atoms with E-state index in [2.05, 4.69) is 26.1 Å². The third kappa shape index (κ3) is 5.74. The lowest BCUT2D eigenvalue weighted by molar-refractivity contribution is 0.0950. The monoisotopic (exact) mass is 492 g/mol. The van der Waals surface area contributed by atoms with Gasteiger partial charge in [0.15, 0.2) is 0 Å². The van der Waals surface area contributed by atoms with Crippen molar-refractivity contribution in [2.75, 3.05) is 13.2 Å². The van der Waals surface area contributed by atoms with Crippen molar-refractivity contribution in [2.45, 2.75) is 51.1 Å². The van der Waals surface area contributed by atoms with Crippen LogP contribution in [0.25, 0.3) is 0 Å². The second-order valence-corrected chi connectivity index (χ2v) is 11.9. The Balaban J connectivity index is 1.52. The van der Waals surface area contributed by atoms with Gasteiger partial charge in [0.2, 0.25) is 10.0 Å². The van der Waals surface area contributed by atoms with Gasteiger partial charge in [-0.25, -0.2) is 8.42 Å². The molecular formula is C28H32N2O4S. The van der Waals surface area contributed by atoms with Crippen LogP contribution < -0.4 is 10.1 Å². The summed E-state index contributed by atoms with van der Waals surface area (Å²) in [7, 11) is -3.72. The zero-order valence-electron chi connectivity index (χ0n) is 20.7. The molecular weight excluding hydrogens is 460 g/mol. The second kappa shape index (κ2) is 9.84. The fourth-order valence-corrected chi connectivity index (χ4v) is 5.39. The van der Waals surface area contributed by atoms with E-state index in [4.69, 9.17) is 4.74 Å². The molecule has 1 aliphatic heterocycles. The first-order valence-corrected chi connectivity index (χ1v) is 13.2. The number of benzene rings is 3. The van der Waals surface area contributed by atoms with Crippen LogP contribution in [0.3, 0.4) is 0 Å². The maximum Gasteiger partial charge on any atom is 0.251 e. The van der Waals surface area contributed by atoms with E-state index < -0.39 is 10.0 Å². The van der Waals surface area contributed by atoms with Crippen LogP contribution in [0.4, 0.5) is 0 Å². The molecule has 0 bridgehead atoms. The molecule has 0 aliphatic carbocycles. The highest BCUT2D eigenvalue weighted by Gasteiger charge is 2.28. The fraction of sp³-hybridized carbons (Fsp3) is 0.321. The standard InChI is InChI=1S/C28H32N2O4S/c1-20-5-7-21(8-6-20)18-29-27(31)22-9-14-26-23(17-22)19-30(15-16-34-26)35(32,33)25-12-10-24(11-13-25)28(2,3)4/h5-14,17H,15-16,18-19H2,1-4H3,(H,29,31). The Kier molecular flexibility index (Phi) is 7.01. The number of hydrogen-bond donors (Lipinski definition) is 1. The van der Waals surface area contributed by atoms with Gasteiger partial charge >= 0.3 is 0 Å². The number of hydrogen-bond acceptors (Lipinski definition) is 4. The summed E-state index contributed by atoms with van der Waals surface area (Å²) in [5.74, 6) is 0.380. The Labute approximate surface area is 208 Å². The van der Waals surface area contributed by atoms with Gasteiger partial charge < -0.3 is 10.1 Å². The summed E-state index contributed by atoms with van der Waals surface area (Å²) in [5.41, 5.74) is 4.32. The van der Waals surface area contributed by atoms with Crippen molar-refractivity contribution in [2.24, 2.45) is 0 Å². The molecule has 0 radical (unpaired) electrons. The number of carbonyl (C=O) groups excluding carboxylic acids is 1. The summed E-state index contributed by atoms with van der Waals surface area (Å²) in [5, 5.41) is 2.93. The van der Waals surface area contributed by atoms with Gasteiger partial charge in [-0.05, 0) is 53.8 Å². The number of carbonyl (C=O) groups is 1. The summed E-state index contributed by atoms with van der Waals surface area (Å²) in [4.78, 5) is 13.0. The van der Waals surface area contributed by atoms with Gasteiger partial charge in [0, 0.05) is 30.8 Å². The average Bonchev–Trinajstić information content (AvgIpc) is 3.05. The second-order valence-electron chi connectivity index (χ2n) is 9.95. The van der Waals surface area contributed by atoms with Crippen LogP contribution in [0, 0.1) is 6.92 Å². The summed E-state index contributed by atoms with van der Waals surface area (Å²) in [6.45, 7) is 9.31. The van der Waals surface area contributed by atoms with Crippen molar-refractivity contribution in [1.29, 1.82) is 0 Å². The summed E-state index contributed by atoms with van der Waals surface area (Å²) in [6, 6.07) is 20.2. The predicted molar refractivity (Wildman–Crippen MR) is 137 cm³/mol. The van der Waals surface area contributed by atoms with Crippen molar-refractivity contribution in [3.05, 3.63) is 94.5 Å². The Hall–Kier alpha value is -3.16. The highest BCUT2D eigenvalue weighted by Crippen LogP contribution is 2.29. The molecule has 0 saturated carbocycles. The number of aryl methyl sites for hydroxylation is 1. The minimum Gasteiger partial charge on any atom is -0.492 e. The van der Waals surface area contributed by atoms with Crippen molar-refractivity contribution in [1.82, 2.24) is 9.62 Å². The quantitative estimate of drug-likeness (QED) is 0.555. The van der Waals surface area contributed by atoms with Gasteiger partial charge in [-0.3, -0.25) is 4.79 Å². The van der Waals surface area contributed by atoms with Crippen LogP contribution >= 0.6 is 0 Å². The fourth-order valence-electron chi connectivity index (χ4n) is 3.98. The van der Waals surface area contributed by atoms with Crippen LogP contribution in [-0.4, -0.2) is 31.8 Å².